The van der Waals surface area contributed by atoms with E-state index in [-0.39, 0.29) is 5.92 Å². The molecule has 4 nitrogen and oxygen atoms in total. The molecule has 2 fully saturated rings. The van der Waals surface area contributed by atoms with Crippen LogP contribution in [0.5, 0.6) is 0 Å². The lowest BCUT2D eigenvalue weighted by Gasteiger charge is -2.40. The third-order valence-corrected chi connectivity index (χ3v) is 6.86. The summed E-state index contributed by atoms with van der Waals surface area (Å²) in [4.78, 5) is 7.33. The van der Waals surface area contributed by atoms with Crippen molar-refractivity contribution in [3.05, 3.63) is 53.6 Å². The van der Waals surface area contributed by atoms with Crippen molar-refractivity contribution in [3.63, 3.8) is 0 Å². The molecule has 3 unspecified atom stereocenters. The van der Waals surface area contributed by atoms with E-state index >= 15 is 0 Å². The first-order valence-corrected chi connectivity index (χ1v) is 10.8. The quantitative estimate of drug-likeness (QED) is 0.698. The zero-order valence-electron chi connectivity index (χ0n) is 17.4. The number of fused-ring (bicyclic) bond motifs is 2. The summed E-state index contributed by atoms with van der Waals surface area (Å²) >= 11 is 0. The van der Waals surface area contributed by atoms with Gasteiger partial charge in [-0.05, 0) is 50.5 Å². The van der Waals surface area contributed by atoms with Crippen LogP contribution in [0.15, 0.2) is 36.5 Å². The maximum Gasteiger partial charge on any atom is 0.105 e. The summed E-state index contributed by atoms with van der Waals surface area (Å²) in [5.74, 6) is 1.68. The second-order valence-corrected chi connectivity index (χ2v) is 8.88. The van der Waals surface area contributed by atoms with Gasteiger partial charge in [0.1, 0.15) is 5.82 Å². The molecule has 0 N–H and O–H groups in total. The molecule has 0 spiro atoms. The minimum absolute atomic E-state index is 0.00163. The standard InChI is InChI=1S/C24H32N4/c1-17(2)24-16-26-18(3)28(24)23-13-21-9-10-22(14-23)27(21)12-11-20(15-25)19-7-5-4-6-8-19/h4-8,16-17,20-23H,9-14H2,1-3H3. The first-order valence-electron chi connectivity index (χ1n) is 10.8. The van der Waals surface area contributed by atoms with Crippen molar-refractivity contribution in [2.75, 3.05) is 6.54 Å². The largest absolute Gasteiger partial charge is 0.329 e. The van der Waals surface area contributed by atoms with Crippen molar-refractivity contribution in [1.29, 1.82) is 5.26 Å². The van der Waals surface area contributed by atoms with E-state index in [1.165, 1.54) is 31.4 Å². The monoisotopic (exact) mass is 376 g/mol. The molecule has 28 heavy (non-hydrogen) atoms. The van der Waals surface area contributed by atoms with Crippen LogP contribution in [-0.2, 0) is 0 Å². The van der Waals surface area contributed by atoms with Gasteiger partial charge in [-0.3, -0.25) is 4.90 Å². The van der Waals surface area contributed by atoms with E-state index in [2.05, 4.69) is 59.6 Å². The molecule has 2 saturated heterocycles. The summed E-state index contributed by atoms with van der Waals surface area (Å²) < 4.78 is 2.52. The minimum atomic E-state index is 0.00163. The predicted molar refractivity (Wildman–Crippen MR) is 112 cm³/mol. The number of nitrogens with zero attached hydrogens (tertiary/aromatic N) is 4. The van der Waals surface area contributed by atoms with E-state index in [1.807, 2.05) is 18.2 Å². The molecule has 1 aromatic carbocycles. The normalized spacial score (nSPS) is 25.8. The van der Waals surface area contributed by atoms with Crippen molar-refractivity contribution >= 4 is 0 Å². The highest BCUT2D eigenvalue weighted by atomic mass is 15.2. The zero-order valence-corrected chi connectivity index (χ0v) is 17.4. The van der Waals surface area contributed by atoms with Crippen LogP contribution < -0.4 is 0 Å². The Hall–Kier alpha value is -2.12. The molecule has 0 amide bonds. The van der Waals surface area contributed by atoms with Gasteiger partial charge in [-0.25, -0.2) is 4.98 Å². The second-order valence-electron chi connectivity index (χ2n) is 8.88. The van der Waals surface area contributed by atoms with Gasteiger partial charge in [-0.15, -0.1) is 0 Å². The van der Waals surface area contributed by atoms with Gasteiger partial charge in [0.15, 0.2) is 0 Å². The van der Waals surface area contributed by atoms with Crippen LogP contribution >= 0.6 is 0 Å². The van der Waals surface area contributed by atoms with Crippen LogP contribution in [0.1, 0.15) is 80.9 Å². The van der Waals surface area contributed by atoms with E-state index < -0.39 is 0 Å². The topological polar surface area (TPSA) is 44.9 Å². The number of piperidine rings is 1. The third-order valence-electron chi connectivity index (χ3n) is 6.86. The highest BCUT2D eigenvalue weighted by molar-refractivity contribution is 5.24. The van der Waals surface area contributed by atoms with Crippen molar-refractivity contribution in [3.8, 4) is 6.07 Å². The Morgan fingerprint density at radius 2 is 1.79 bits per heavy atom. The van der Waals surface area contributed by atoms with Gasteiger partial charge in [0, 0.05) is 36.6 Å². The van der Waals surface area contributed by atoms with Crippen LogP contribution in [0.3, 0.4) is 0 Å². The van der Waals surface area contributed by atoms with E-state index in [0.717, 1.165) is 24.4 Å². The van der Waals surface area contributed by atoms with Crippen LogP contribution in [0, 0.1) is 18.3 Å². The maximum atomic E-state index is 9.66. The molecule has 2 bridgehead atoms. The third kappa shape index (κ3) is 3.61. The smallest absolute Gasteiger partial charge is 0.105 e. The fraction of sp³-hybridized carbons (Fsp3) is 0.583. The van der Waals surface area contributed by atoms with Gasteiger partial charge in [0.25, 0.3) is 0 Å². The first-order chi connectivity index (χ1) is 13.6. The summed E-state index contributed by atoms with van der Waals surface area (Å²) in [6, 6.07) is 14.7. The molecule has 0 saturated carbocycles. The maximum absolute atomic E-state index is 9.66. The highest BCUT2D eigenvalue weighted by Crippen LogP contribution is 2.42. The molecular formula is C24H32N4. The van der Waals surface area contributed by atoms with Gasteiger partial charge >= 0.3 is 0 Å². The van der Waals surface area contributed by atoms with E-state index in [0.29, 0.717) is 24.0 Å². The molecule has 3 atom stereocenters. The number of benzene rings is 1. The van der Waals surface area contributed by atoms with Gasteiger partial charge in [0.2, 0.25) is 0 Å². The molecular weight excluding hydrogens is 344 g/mol. The molecule has 4 heteroatoms. The van der Waals surface area contributed by atoms with Crippen LogP contribution in [0.4, 0.5) is 0 Å². The number of aryl methyl sites for hydroxylation is 1. The van der Waals surface area contributed by atoms with Gasteiger partial charge in [-0.2, -0.15) is 5.26 Å². The van der Waals surface area contributed by atoms with Crippen LogP contribution in [-0.4, -0.2) is 33.1 Å². The molecule has 0 radical (unpaired) electrons. The lowest BCUT2D eigenvalue weighted by atomic mass is 9.93. The van der Waals surface area contributed by atoms with Crippen LogP contribution in [0.2, 0.25) is 0 Å². The number of hydrogen-bond acceptors (Lipinski definition) is 3. The number of nitriles is 1. The van der Waals surface area contributed by atoms with E-state index in [4.69, 9.17) is 0 Å². The lowest BCUT2D eigenvalue weighted by Crippen LogP contribution is -2.44. The summed E-state index contributed by atoms with van der Waals surface area (Å²) in [5, 5.41) is 9.66. The molecule has 148 valence electrons. The Morgan fingerprint density at radius 1 is 1.11 bits per heavy atom. The SMILES string of the molecule is Cc1ncc(C(C)C)n1C1CC2CCC(C1)N2CCC(C#N)c1ccccc1. The Labute approximate surface area is 169 Å². The number of hydrogen-bond donors (Lipinski definition) is 0. The van der Waals surface area contributed by atoms with E-state index in [1.54, 1.807) is 0 Å². The average molecular weight is 377 g/mol. The molecule has 0 aliphatic carbocycles. The number of imidazole rings is 1. The first kappa shape index (κ1) is 19.2. The van der Waals surface area contributed by atoms with Crippen LogP contribution in [0.25, 0.3) is 0 Å². The minimum Gasteiger partial charge on any atom is -0.329 e. The van der Waals surface area contributed by atoms with Gasteiger partial charge < -0.3 is 4.57 Å². The molecule has 2 aliphatic rings. The predicted octanol–water partition coefficient (Wildman–Crippen LogP) is 5.18. The van der Waals surface area contributed by atoms with Crippen molar-refractivity contribution in [1.82, 2.24) is 14.5 Å². The van der Waals surface area contributed by atoms with Gasteiger partial charge in [0.05, 0.1) is 12.0 Å². The van der Waals surface area contributed by atoms with Crippen molar-refractivity contribution in [2.45, 2.75) is 82.8 Å². The lowest BCUT2D eigenvalue weighted by molar-refractivity contribution is 0.103. The Kier molecular flexibility index (Phi) is 5.55. The van der Waals surface area contributed by atoms with Gasteiger partial charge in [-0.1, -0.05) is 44.2 Å². The molecule has 2 aromatic rings. The highest BCUT2D eigenvalue weighted by Gasteiger charge is 2.41. The number of rotatable bonds is 6. The zero-order chi connectivity index (χ0) is 19.7. The second kappa shape index (κ2) is 8.09. The Balaban J connectivity index is 1.44. The fourth-order valence-electron chi connectivity index (χ4n) is 5.46. The Morgan fingerprint density at radius 3 is 2.39 bits per heavy atom. The molecule has 4 rings (SSSR count). The Bertz CT molecular complexity index is 818. The number of aromatic nitrogens is 2. The van der Waals surface area contributed by atoms with E-state index in [9.17, 15) is 5.26 Å². The molecule has 1 aromatic heterocycles. The van der Waals surface area contributed by atoms with Crippen molar-refractivity contribution < 1.29 is 0 Å². The average Bonchev–Trinajstić information content (AvgIpc) is 3.19. The summed E-state index contributed by atoms with van der Waals surface area (Å²) in [5.41, 5.74) is 2.53. The summed E-state index contributed by atoms with van der Waals surface area (Å²) in [7, 11) is 0. The molecule has 3 heterocycles. The van der Waals surface area contributed by atoms with Crippen molar-refractivity contribution in [2.24, 2.45) is 0 Å². The summed E-state index contributed by atoms with van der Waals surface area (Å²) in [6.45, 7) is 7.72. The summed E-state index contributed by atoms with van der Waals surface area (Å²) in [6.07, 6.45) is 8.04. The molecule has 2 aliphatic heterocycles. The fourth-order valence-corrected chi connectivity index (χ4v) is 5.46.